The molecule has 0 radical (unpaired) electrons. The van der Waals surface area contributed by atoms with Crippen molar-refractivity contribution in [3.8, 4) is 22.8 Å². The van der Waals surface area contributed by atoms with Gasteiger partial charge in [0, 0.05) is 44.0 Å². The number of aromatic carboxylic acids is 1. The van der Waals surface area contributed by atoms with E-state index in [1.54, 1.807) is 33.9 Å². The lowest BCUT2D eigenvalue weighted by Gasteiger charge is -2.34. The van der Waals surface area contributed by atoms with Crippen LogP contribution in [0.3, 0.4) is 0 Å². The van der Waals surface area contributed by atoms with Crippen LogP contribution >= 0.6 is 0 Å². The zero-order valence-electron chi connectivity index (χ0n) is 20.6. The van der Waals surface area contributed by atoms with Crippen LogP contribution in [-0.2, 0) is 16.0 Å². The lowest BCUT2D eigenvalue weighted by molar-refractivity contribution is -0.143. The summed E-state index contributed by atoms with van der Waals surface area (Å²) in [4.78, 5) is 36.8. The van der Waals surface area contributed by atoms with Crippen LogP contribution in [-0.4, -0.2) is 41.9 Å². The minimum atomic E-state index is -1.26. The third-order valence-corrected chi connectivity index (χ3v) is 5.88. The lowest BCUT2D eigenvalue weighted by Crippen LogP contribution is -2.28. The molecule has 0 saturated heterocycles. The van der Waals surface area contributed by atoms with Gasteiger partial charge < -0.3 is 23.9 Å². The Bertz CT molecular complexity index is 1140. The molecule has 8 nitrogen and oxygen atoms in total. The van der Waals surface area contributed by atoms with E-state index in [2.05, 4.69) is 13.8 Å². The first-order chi connectivity index (χ1) is 15.9. The number of fused-ring (bicyclic) bond motifs is 3. The molecule has 0 fully saturated rings. The Hall–Kier alpha value is -3.13. The number of nitrogens with zero attached hydrogens (tertiary/aromatic N) is 1. The molecule has 1 aromatic carbocycles. The van der Waals surface area contributed by atoms with E-state index in [9.17, 15) is 19.5 Å². The third kappa shape index (κ3) is 5.33. The molecule has 1 aliphatic rings. The maximum Gasteiger partial charge on any atom is 0.341 e. The smallest absolute Gasteiger partial charge is 0.341 e. The number of esters is 1. The standard InChI is InChI=1S/C26H33NO7/c1-15(2)19-10-16-11-22(33-9-7-8-32-6)23(34-25(31)26(3,4)5)12-17(16)20-13-21(28)18(24(29)30)14-27(19)20/h11-15,19H,7-10H2,1-6H3,(H,29,30). The van der Waals surface area contributed by atoms with Crippen LogP contribution in [0.4, 0.5) is 0 Å². The van der Waals surface area contributed by atoms with Crippen molar-refractivity contribution in [2.24, 2.45) is 11.3 Å². The molecular formula is C26H33NO7. The summed E-state index contributed by atoms with van der Waals surface area (Å²) in [6.45, 7) is 10.3. The highest BCUT2D eigenvalue weighted by molar-refractivity contribution is 5.88. The maximum absolute atomic E-state index is 12.7. The van der Waals surface area contributed by atoms with Crippen LogP contribution in [0.25, 0.3) is 11.3 Å². The number of carbonyl (C=O) groups excluding carboxylic acids is 1. The van der Waals surface area contributed by atoms with Crippen LogP contribution in [0.2, 0.25) is 0 Å². The number of pyridine rings is 1. The molecule has 0 spiro atoms. The Kier molecular flexibility index (Phi) is 7.51. The largest absolute Gasteiger partial charge is 0.490 e. The first kappa shape index (κ1) is 25.5. The third-order valence-electron chi connectivity index (χ3n) is 5.88. The number of methoxy groups -OCH3 is 1. The highest BCUT2D eigenvalue weighted by Gasteiger charge is 2.31. The number of carboxylic acids is 1. The fourth-order valence-electron chi connectivity index (χ4n) is 3.92. The maximum atomic E-state index is 12.7. The quantitative estimate of drug-likeness (QED) is 0.347. The number of rotatable bonds is 8. The van der Waals surface area contributed by atoms with Crippen molar-refractivity contribution >= 4 is 11.9 Å². The second-order valence-electron chi connectivity index (χ2n) is 9.95. The summed E-state index contributed by atoms with van der Waals surface area (Å²) < 4.78 is 18.7. The van der Waals surface area contributed by atoms with Gasteiger partial charge >= 0.3 is 11.9 Å². The SMILES string of the molecule is COCCCOc1cc2c(cc1OC(=O)C(C)(C)C)-c1cc(=O)c(C(=O)O)cn1C(C(C)C)C2. The normalized spacial score (nSPS) is 15.0. The van der Waals surface area contributed by atoms with Crippen molar-refractivity contribution in [2.75, 3.05) is 20.3 Å². The highest BCUT2D eigenvalue weighted by atomic mass is 16.6. The highest BCUT2D eigenvalue weighted by Crippen LogP contribution is 2.43. The molecule has 0 bridgehead atoms. The Morgan fingerprint density at radius 2 is 1.85 bits per heavy atom. The molecule has 1 unspecified atom stereocenters. The first-order valence-electron chi connectivity index (χ1n) is 11.4. The van der Waals surface area contributed by atoms with Gasteiger partial charge in [0.05, 0.1) is 17.7 Å². The molecule has 34 heavy (non-hydrogen) atoms. The van der Waals surface area contributed by atoms with E-state index < -0.39 is 22.8 Å². The van der Waals surface area contributed by atoms with Crippen molar-refractivity contribution in [1.29, 1.82) is 0 Å². The number of aromatic nitrogens is 1. The molecule has 1 aromatic heterocycles. The molecule has 1 aliphatic heterocycles. The molecule has 8 heteroatoms. The number of hydrogen-bond acceptors (Lipinski definition) is 6. The van der Waals surface area contributed by atoms with Gasteiger partial charge in [0.2, 0.25) is 0 Å². The number of benzene rings is 1. The zero-order chi connectivity index (χ0) is 25.2. The predicted molar refractivity (Wildman–Crippen MR) is 128 cm³/mol. The van der Waals surface area contributed by atoms with E-state index >= 15 is 0 Å². The molecule has 3 rings (SSSR count). The van der Waals surface area contributed by atoms with E-state index in [0.717, 1.165) is 5.56 Å². The Morgan fingerprint density at radius 3 is 2.44 bits per heavy atom. The van der Waals surface area contributed by atoms with Gasteiger partial charge in [-0.05, 0) is 50.8 Å². The van der Waals surface area contributed by atoms with Crippen molar-refractivity contribution in [2.45, 2.75) is 53.5 Å². The van der Waals surface area contributed by atoms with Gasteiger partial charge in [-0.2, -0.15) is 0 Å². The van der Waals surface area contributed by atoms with Crippen LogP contribution in [0.15, 0.2) is 29.2 Å². The lowest BCUT2D eigenvalue weighted by atomic mass is 9.87. The summed E-state index contributed by atoms with van der Waals surface area (Å²) in [5.41, 5.74) is 0.689. The van der Waals surface area contributed by atoms with E-state index in [-0.39, 0.29) is 23.3 Å². The molecule has 2 heterocycles. The fourth-order valence-corrected chi connectivity index (χ4v) is 3.92. The molecule has 2 aromatic rings. The summed E-state index contributed by atoms with van der Waals surface area (Å²) >= 11 is 0. The summed E-state index contributed by atoms with van der Waals surface area (Å²) in [6.07, 6.45) is 2.71. The number of hydrogen-bond donors (Lipinski definition) is 1. The van der Waals surface area contributed by atoms with Gasteiger partial charge in [-0.25, -0.2) is 4.79 Å². The minimum Gasteiger partial charge on any atom is -0.490 e. The van der Waals surface area contributed by atoms with Crippen molar-refractivity contribution in [3.05, 3.63) is 45.7 Å². The van der Waals surface area contributed by atoms with Gasteiger partial charge in [-0.1, -0.05) is 13.8 Å². The Labute approximate surface area is 199 Å². The topological polar surface area (TPSA) is 104 Å². The summed E-state index contributed by atoms with van der Waals surface area (Å²) in [5.74, 6) is -0.772. The van der Waals surface area contributed by atoms with Gasteiger partial charge in [0.25, 0.3) is 0 Å². The molecule has 184 valence electrons. The Balaban J connectivity index is 2.16. The average molecular weight is 472 g/mol. The molecule has 0 aliphatic carbocycles. The number of carbonyl (C=O) groups is 2. The Morgan fingerprint density at radius 1 is 1.15 bits per heavy atom. The number of ether oxygens (including phenoxy) is 3. The van der Waals surface area contributed by atoms with E-state index in [4.69, 9.17) is 14.2 Å². The second kappa shape index (κ2) is 10.0. The second-order valence-corrected chi connectivity index (χ2v) is 9.95. The summed E-state index contributed by atoms with van der Waals surface area (Å²) in [6, 6.07) is 4.88. The van der Waals surface area contributed by atoms with Crippen molar-refractivity contribution in [3.63, 3.8) is 0 Å². The summed E-state index contributed by atoms with van der Waals surface area (Å²) in [7, 11) is 1.62. The average Bonchev–Trinajstić information content (AvgIpc) is 2.75. The molecule has 0 saturated carbocycles. The van der Waals surface area contributed by atoms with Crippen LogP contribution in [0, 0.1) is 11.3 Å². The molecular weight excluding hydrogens is 438 g/mol. The molecule has 1 N–H and O–H groups in total. The molecule has 1 atom stereocenters. The van der Waals surface area contributed by atoms with E-state index in [1.165, 1.54) is 12.3 Å². The monoisotopic (exact) mass is 471 g/mol. The van der Waals surface area contributed by atoms with Crippen molar-refractivity contribution in [1.82, 2.24) is 4.57 Å². The van der Waals surface area contributed by atoms with Crippen LogP contribution in [0.1, 0.15) is 63.0 Å². The van der Waals surface area contributed by atoms with E-state index in [0.29, 0.717) is 43.1 Å². The summed E-state index contributed by atoms with van der Waals surface area (Å²) in [5, 5.41) is 9.47. The number of carboxylic acid groups (broad SMARTS) is 1. The van der Waals surface area contributed by atoms with E-state index in [1.807, 2.05) is 10.6 Å². The van der Waals surface area contributed by atoms with Gasteiger partial charge in [0.15, 0.2) is 16.9 Å². The van der Waals surface area contributed by atoms with Gasteiger partial charge in [-0.15, -0.1) is 0 Å². The predicted octanol–water partition coefficient (Wildman–Crippen LogP) is 4.33. The van der Waals surface area contributed by atoms with Crippen molar-refractivity contribution < 1.29 is 28.9 Å². The first-order valence-corrected chi connectivity index (χ1v) is 11.4. The van der Waals surface area contributed by atoms with Gasteiger partial charge in [-0.3, -0.25) is 9.59 Å². The van der Waals surface area contributed by atoms with Gasteiger partial charge in [0.1, 0.15) is 5.56 Å². The van der Waals surface area contributed by atoms with Crippen LogP contribution < -0.4 is 14.9 Å². The van der Waals surface area contributed by atoms with Crippen LogP contribution in [0.5, 0.6) is 11.5 Å². The fraction of sp³-hybridized carbons (Fsp3) is 0.500. The molecule has 0 amide bonds. The minimum absolute atomic E-state index is 0.0504. The zero-order valence-corrected chi connectivity index (χ0v) is 20.6.